The van der Waals surface area contributed by atoms with Crippen LogP contribution in [0, 0.1) is 13.8 Å². The van der Waals surface area contributed by atoms with Crippen molar-refractivity contribution in [3.8, 4) is 5.75 Å². The van der Waals surface area contributed by atoms with E-state index in [1.54, 1.807) is 19.1 Å². The second kappa shape index (κ2) is 5.52. The molecule has 1 aromatic carbocycles. The average Bonchev–Trinajstić information content (AvgIpc) is 2.89. The molecule has 0 bridgehead atoms. The predicted molar refractivity (Wildman–Crippen MR) is 81.9 cm³/mol. The lowest BCUT2D eigenvalue weighted by atomic mass is 10.1. The molecule has 0 saturated carbocycles. The minimum Gasteiger partial charge on any atom is -0.507 e. The number of carbonyl (C=O) groups is 1. The highest BCUT2D eigenvalue weighted by molar-refractivity contribution is 5.92. The molecule has 3 rings (SSSR count). The molecule has 2 aromatic heterocycles. The molecule has 0 fully saturated rings. The van der Waals surface area contributed by atoms with Crippen LogP contribution in [-0.4, -0.2) is 20.5 Å². The van der Waals surface area contributed by atoms with Crippen LogP contribution in [0.15, 0.2) is 42.7 Å². The number of esters is 1. The lowest BCUT2D eigenvalue weighted by Gasteiger charge is -2.06. The Morgan fingerprint density at radius 3 is 2.86 bits per heavy atom. The topological polar surface area (TPSA) is 63.8 Å². The number of hydrogen-bond donors (Lipinski definition) is 1. The van der Waals surface area contributed by atoms with Crippen LogP contribution in [0.25, 0.3) is 5.65 Å². The second-order valence-corrected chi connectivity index (χ2v) is 5.25. The maximum absolute atomic E-state index is 12.0. The van der Waals surface area contributed by atoms with Crippen LogP contribution in [0.2, 0.25) is 0 Å². The van der Waals surface area contributed by atoms with Crippen molar-refractivity contribution in [3.63, 3.8) is 0 Å². The first-order valence-corrected chi connectivity index (χ1v) is 6.94. The van der Waals surface area contributed by atoms with E-state index < -0.39 is 5.97 Å². The monoisotopic (exact) mass is 296 g/mol. The van der Waals surface area contributed by atoms with Gasteiger partial charge in [0.05, 0.1) is 5.69 Å². The predicted octanol–water partition coefficient (Wildman–Crippen LogP) is 3.01. The fraction of sp³-hybridized carbons (Fsp3) is 0.176. The number of fused-ring (bicyclic) bond motifs is 1. The highest BCUT2D eigenvalue weighted by atomic mass is 16.5. The number of imidazole rings is 1. The summed E-state index contributed by atoms with van der Waals surface area (Å²) in [5, 5.41) is 9.89. The Kier molecular flexibility index (Phi) is 3.55. The van der Waals surface area contributed by atoms with E-state index in [2.05, 4.69) is 4.98 Å². The molecule has 0 aliphatic heterocycles. The van der Waals surface area contributed by atoms with Crippen LogP contribution in [0.1, 0.15) is 27.2 Å². The van der Waals surface area contributed by atoms with Crippen molar-refractivity contribution in [2.75, 3.05) is 0 Å². The molecule has 0 amide bonds. The van der Waals surface area contributed by atoms with Crippen molar-refractivity contribution in [2.24, 2.45) is 0 Å². The summed E-state index contributed by atoms with van der Waals surface area (Å²) in [6.45, 7) is 3.79. The minimum absolute atomic E-state index is 0.0434. The number of phenols is 1. The molecule has 1 N–H and O–H groups in total. The van der Waals surface area contributed by atoms with Gasteiger partial charge in [-0.2, -0.15) is 0 Å². The average molecular weight is 296 g/mol. The summed E-state index contributed by atoms with van der Waals surface area (Å²) < 4.78 is 7.13. The van der Waals surface area contributed by atoms with Gasteiger partial charge in [0.15, 0.2) is 0 Å². The van der Waals surface area contributed by atoms with Crippen molar-refractivity contribution < 1.29 is 14.6 Å². The Morgan fingerprint density at radius 2 is 2.05 bits per heavy atom. The Bertz CT molecular complexity index is 852. The molecule has 5 nitrogen and oxygen atoms in total. The molecule has 0 aliphatic carbocycles. The SMILES string of the molecule is Cc1ccc2nc(COC(=O)c3cccc(C)c3O)cn2c1. The first-order chi connectivity index (χ1) is 10.5. The summed E-state index contributed by atoms with van der Waals surface area (Å²) in [5.74, 6) is -0.604. The lowest BCUT2D eigenvalue weighted by Crippen LogP contribution is -2.06. The van der Waals surface area contributed by atoms with Crippen molar-refractivity contribution in [1.29, 1.82) is 0 Å². The number of aromatic nitrogens is 2. The van der Waals surface area contributed by atoms with Gasteiger partial charge in [0.25, 0.3) is 0 Å². The number of para-hydroxylation sites is 1. The molecule has 22 heavy (non-hydrogen) atoms. The number of benzene rings is 1. The Labute approximate surface area is 127 Å². The fourth-order valence-electron chi connectivity index (χ4n) is 2.27. The quantitative estimate of drug-likeness (QED) is 0.755. The molecule has 0 saturated heterocycles. The van der Waals surface area contributed by atoms with Gasteiger partial charge in [-0.25, -0.2) is 9.78 Å². The van der Waals surface area contributed by atoms with Gasteiger partial charge in [0.1, 0.15) is 23.6 Å². The van der Waals surface area contributed by atoms with Gasteiger partial charge >= 0.3 is 5.97 Å². The molecule has 112 valence electrons. The standard InChI is InChI=1S/C17H16N2O3/c1-11-6-7-15-18-13(9-19(15)8-11)10-22-17(21)14-5-3-4-12(2)16(14)20/h3-9,20H,10H2,1-2H3. The number of phenolic OH excluding ortho intramolecular Hbond substituents is 1. The third-order valence-electron chi connectivity index (χ3n) is 3.46. The van der Waals surface area contributed by atoms with E-state index >= 15 is 0 Å². The van der Waals surface area contributed by atoms with E-state index in [9.17, 15) is 9.90 Å². The number of pyridine rings is 1. The molecule has 0 atom stereocenters. The number of hydrogen-bond acceptors (Lipinski definition) is 4. The van der Waals surface area contributed by atoms with Crippen LogP contribution in [-0.2, 0) is 11.3 Å². The van der Waals surface area contributed by atoms with Gasteiger partial charge in [-0.05, 0) is 37.1 Å². The molecule has 0 spiro atoms. The number of rotatable bonds is 3. The third kappa shape index (κ3) is 2.65. The maximum Gasteiger partial charge on any atom is 0.342 e. The fourth-order valence-corrected chi connectivity index (χ4v) is 2.27. The van der Waals surface area contributed by atoms with E-state index in [4.69, 9.17) is 4.74 Å². The molecule has 0 unspecified atom stereocenters. The Hall–Kier alpha value is -2.82. The molecule has 0 aliphatic rings. The van der Waals surface area contributed by atoms with E-state index in [-0.39, 0.29) is 17.9 Å². The number of nitrogens with zero attached hydrogens (tertiary/aromatic N) is 2. The van der Waals surface area contributed by atoms with E-state index in [1.165, 1.54) is 6.07 Å². The number of ether oxygens (including phenoxy) is 1. The molecule has 3 aromatic rings. The van der Waals surface area contributed by atoms with Crippen molar-refractivity contribution in [2.45, 2.75) is 20.5 Å². The van der Waals surface area contributed by atoms with Crippen LogP contribution in [0.5, 0.6) is 5.75 Å². The van der Waals surface area contributed by atoms with Gasteiger partial charge in [0, 0.05) is 12.4 Å². The summed E-state index contributed by atoms with van der Waals surface area (Å²) in [4.78, 5) is 16.4. The molecular weight excluding hydrogens is 280 g/mol. The summed E-state index contributed by atoms with van der Waals surface area (Å²) in [6.07, 6.45) is 3.78. The summed E-state index contributed by atoms with van der Waals surface area (Å²) in [5.41, 5.74) is 3.39. The van der Waals surface area contributed by atoms with Gasteiger partial charge in [-0.3, -0.25) is 0 Å². The lowest BCUT2D eigenvalue weighted by molar-refractivity contribution is 0.0465. The highest BCUT2D eigenvalue weighted by Gasteiger charge is 2.14. The highest BCUT2D eigenvalue weighted by Crippen LogP contribution is 2.22. The summed E-state index contributed by atoms with van der Waals surface area (Å²) in [6, 6.07) is 8.86. The van der Waals surface area contributed by atoms with Gasteiger partial charge in [-0.1, -0.05) is 18.2 Å². The summed E-state index contributed by atoms with van der Waals surface area (Å²) in [7, 11) is 0. The zero-order valence-corrected chi connectivity index (χ0v) is 12.4. The van der Waals surface area contributed by atoms with Crippen LogP contribution < -0.4 is 0 Å². The number of aromatic hydroxyl groups is 1. The molecule has 2 heterocycles. The number of carbonyl (C=O) groups excluding carboxylic acids is 1. The van der Waals surface area contributed by atoms with Gasteiger partial charge in [-0.15, -0.1) is 0 Å². The minimum atomic E-state index is -0.561. The molecule has 5 heteroatoms. The van der Waals surface area contributed by atoms with E-state index in [0.717, 1.165) is 11.2 Å². The molecular formula is C17H16N2O3. The van der Waals surface area contributed by atoms with Crippen LogP contribution in [0.3, 0.4) is 0 Å². The Balaban J connectivity index is 1.76. The van der Waals surface area contributed by atoms with Crippen LogP contribution >= 0.6 is 0 Å². The summed E-state index contributed by atoms with van der Waals surface area (Å²) >= 11 is 0. The van der Waals surface area contributed by atoms with Crippen molar-refractivity contribution >= 4 is 11.6 Å². The van der Waals surface area contributed by atoms with Gasteiger partial charge < -0.3 is 14.2 Å². The van der Waals surface area contributed by atoms with E-state index in [1.807, 2.05) is 35.9 Å². The first-order valence-electron chi connectivity index (χ1n) is 6.94. The van der Waals surface area contributed by atoms with E-state index in [0.29, 0.717) is 11.3 Å². The maximum atomic E-state index is 12.0. The first kappa shape index (κ1) is 14.1. The van der Waals surface area contributed by atoms with Crippen molar-refractivity contribution in [1.82, 2.24) is 9.38 Å². The van der Waals surface area contributed by atoms with Crippen molar-refractivity contribution in [3.05, 3.63) is 65.1 Å². The molecule has 0 radical (unpaired) electrons. The number of aryl methyl sites for hydroxylation is 2. The zero-order valence-electron chi connectivity index (χ0n) is 12.4. The van der Waals surface area contributed by atoms with Gasteiger partial charge in [0.2, 0.25) is 0 Å². The van der Waals surface area contributed by atoms with Crippen LogP contribution in [0.4, 0.5) is 0 Å². The second-order valence-electron chi connectivity index (χ2n) is 5.25. The Morgan fingerprint density at radius 1 is 1.23 bits per heavy atom. The smallest absolute Gasteiger partial charge is 0.342 e. The normalized spacial score (nSPS) is 10.8. The largest absolute Gasteiger partial charge is 0.507 e. The third-order valence-corrected chi connectivity index (χ3v) is 3.46. The zero-order chi connectivity index (χ0) is 15.7.